The highest BCUT2D eigenvalue weighted by Crippen LogP contribution is 2.16. The summed E-state index contributed by atoms with van der Waals surface area (Å²) in [6.45, 7) is 0.453. The Morgan fingerprint density at radius 2 is 1.75 bits per heavy atom. The largest absolute Gasteiger partial charge is 0.481 e. The topological polar surface area (TPSA) is 117 Å². The predicted octanol–water partition coefficient (Wildman–Crippen LogP) is 1.68. The van der Waals surface area contributed by atoms with Crippen LogP contribution in [0.4, 0.5) is 0 Å². The summed E-state index contributed by atoms with van der Waals surface area (Å²) in [4.78, 5) is 22.2. The quantitative estimate of drug-likeness (QED) is 0.580. The van der Waals surface area contributed by atoms with Crippen molar-refractivity contribution in [3.63, 3.8) is 0 Å². The van der Waals surface area contributed by atoms with Crippen LogP contribution in [0.15, 0.2) is 21.6 Å². The molecule has 0 aliphatic carbocycles. The lowest BCUT2D eigenvalue weighted by atomic mass is 10.1. The van der Waals surface area contributed by atoms with Crippen molar-refractivity contribution in [2.75, 3.05) is 20.6 Å². The fourth-order valence-electron chi connectivity index (χ4n) is 1.98. The zero-order valence-electron chi connectivity index (χ0n) is 13.9. The van der Waals surface area contributed by atoms with Crippen molar-refractivity contribution in [3.8, 4) is 0 Å². The summed E-state index contributed by atoms with van der Waals surface area (Å²) in [5, 5.41) is 10.9. The Morgan fingerprint density at radius 3 is 2.38 bits per heavy atom. The van der Waals surface area contributed by atoms with Gasteiger partial charge in [0.2, 0.25) is 5.09 Å². The monoisotopic (exact) mass is 360 g/mol. The number of hydrogen-bond donors (Lipinski definition) is 2. The van der Waals surface area contributed by atoms with Gasteiger partial charge in [-0.25, -0.2) is 12.7 Å². The highest BCUT2D eigenvalue weighted by molar-refractivity contribution is 7.88. The van der Waals surface area contributed by atoms with E-state index in [1.807, 2.05) is 0 Å². The zero-order chi connectivity index (χ0) is 18.2. The summed E-state index contributed by atoms with van der Waals surface area (Å²) in [6.07, 6.45) is 4.27. The van der Waals surface area contributed by atoms with Gasteiger partial charge in [-0.1, -0.05) is 19.3 Å². The van der Waals surface area contributed by atoms with Gasteiger partial charge in [0.15, 0.2) is 5.76 Å². The van der Waals surface area contributed by atoms with E-state index in [9.17, 15) is 18.0 Å². The second kappa shape index (κ2) is 9.43. The summed E-state index contributed by atoms with van der Waals surface area (Å²) in [5.74, 6) is -1.28. The van der Waals surface area contributed by atoms with Crippen molar-refractivity contribution in [1.82, 2.24) is 9.62 Å². The molecule has 1 heterocycles. The van der Waals surface area contributed by atoms with Crippen LogP contribution in [0.25, 0.3) is 0 Å². The molecular weight excluding hydrogens is 336 g/mol. The lowest BCUT2D eigenvalue weighted by molar-refractivity contribution is -0.137. The van der Waals surface area contributed by atoms with Crippen molar-refractivity contribution in [1.29, 1.82) is 0 Å². The third-order valence-electron chi connectivity index (χ3n) is 3.39. The number of unbranched alkanes of at least 4 members (excludes halogenated alkanes) is 4. The Morgan fingerprint density at radius 1 is 1.12 bits per heavy atom. The normalized spacial score (nSPS) is 11.6. The fourth-order valence-corrected chi connectivity index (χ4v) is 2.78. The number of carboxylic acid groups (broad SMARTS) is 1. The molecule has 1 amide bonds. The highest BCUT2D eigenvalue weighted by Gasteiger charge is 2.23. The first-order valence-corrected chi connectivity index (χ1v) is 9.21. The molecular formula is C15H24N2O6S. The summed E-state index contributed by atoms with van der Waals surface area (Å²) in [7, 11) is -0.923. The number of nitrogens with one attached hydrogen (secondary N) is 1. The van der Waals surface area contributed by atoms with E-state index in [1.54, 1.807) is 0 Å². The van der Waals surface area contributed by atoms with Crippen molar-refractivity contribution in [3.05, 3.63) is 17.9 Å². The summed E-state index contributed by atoms with van der Waals surface area (Å²) in [6, 6.07) is 2.59. The first kappa shape index (κ1) is 20.2. The van der Waals surface area contributed by atoms with Gasteiger partial charge in [0.1, 0.15) is 0 Å². The Labute approximate surface area is 141 Å². The summed E-state index contributed by atoms with van der Waals surface area (Å²) in [5.41, 5.74) is 0. The lowest BCUT2D eigenvalue weighted by Gasteiger charge is -2.07. The molecule has 0 radical (unpaired) electrons. The molecule has 1 rings (SSSR count). The van der Waals surface area contributed by atoms with E-state index in [4.69, 9.17) is 9.52 Å². The average molecular weight is 360 g/mol. The minimum atomic E-state index is -3.69. The number of furan rings is 1. The van der Waals surface area contributed by atoms with E-state index in [-0.39, 0.29) is 17.3 Å². The van der Waals surface area contributed by atoms with Gasteiger partial charge in [-0.05, 0) is 25.0 Å². The molecule has 0 saturated heterocycles. The average Bonchev–Trinajstić information content (AvgIpc) is 2.99. The number of rotatable bonds is 11. The molecule has 1 aromatic heterocycles. The van der Waals surface area contributed by atoms with Crippen LogP contribution >= 0.6 is 0 Å². The first-order chi connectivity index (χ1) is 11.2. The Hall–Kier alpha value is -1.87. The van der Waals surface area contributed by atoms with Crippen molar-refractivity contribution >= 4 is 21.9 Å². The number of aliphatic carboxylic acids is 1. The Kier molecular flexibility index (Phi) is 7.93. The molecule has 0 fully saturated rings. The van der Waals surface area contributed by atoms with E-state index in [0.717, 1.165) is 30.0 Å². The standard InChI is InChI=1S/C15H24N2O6S/c1-17(2)24(21,22)14-10-9-12(23-14)15(20)16-11-7-5-3-4-6-8-13(18)19/h9-10H,3-8,11H2,1-2H3,(H,16,20)(H,18,19). The van der Waals surface area contributed by atoms with Crippen LogP contribution in [0.2, 0.25) is 0 Å². The van der Waals surface area contributed by atoms with Gasteiger partial charge in [0, 0.05) is 27.1 Å². The van der Waals surface area contributed by atoms with Crippen LogP contribution in [0.5, 0.6) is 0 Å². The molecule has 8 nitrogen and oxygen atoms in total. The first-order valence-electron chi connectivity index (χ1n) is 7.77. The molecule has 9 heteroatoms. The van der Waals surface area contributed by atoms with E-state index in [1.165, 1.54) is 26.2 Å². The number of carbonyl (C=O) groups is 2. The molecule has 1 aromatic rings. The van der Waals surface area contributed by atoms with Crippen LogP contribution in [0, 0.1) is 0 Å². The van der Waals surface area contributed by atoms with E-state index in [0.29, 0.717) is 13.0 Å². The second-order valence-corrected chi connectivity index (χ2v) is 7.66. The zero-order valence-corrected chi connectivity index (χ0v) is 14.8. The van der Waals surface area contributed by atoms with Gasteiger partial charge in [-0.15, -0.1) is 0 Å². The molecule has 0 aliphatic rings. The maximum atomic E-state index is 11.9. The van der Waals surface area contributed by atoms with Crippen LogP contribution in [-0.2, 0) is 14.8 Å². The molecule has 0 unspecified atom stereocenters. The van der Waals surface area contributed by atoms with Crippen molar-refractivity contribution < 1.29 is 27.5 Å². The van der Waals surface area contributed by atoms with E-state index >= 15 is 0 Å². The smallest absolute Gasteiger partial charge is 0.303 e. The molecule has 0 spiro atoms. The lowest BCUT2D eigenvalue weighted by Crippen LogP contribution is -2.24. The van der Waals surface area contributed by atoms with Gasteiger partial charge in [0.05, 0.1) is 0 Å². The number of hydrogen-bond acceptors (Lipinski definition) is 5. The van der Waals surface area contributed by atoms with Crippen LogP contribution in [0.1, 0.15) is 49.1 Å². The van der Waals surface area contributed by atoms with Crippen LogP contribution in [0.3, 0.4) is 0 Å². The fraction of sp³-hybridized carbons (Fsp3) is 0.600. The second-order valence-electron chi connectivity index (χ2n) is 5.57. The molecule has 0 atom stereocenters. The number of carboxylic acids is 1. The molecule has 0 aromatic carbocycles. The van der Waals surface area contributed by atoms with Crippen molar-refractivity contribution in [2.24, 2.45) is 0 Å². The van der Waals surface area contributed by atoms with Gasteiger partial charge in [-0.3, -0.25) is 9.59 Å². The van der Waals surface area contributed by atoms with Crippen LogP contribution < -0.4 is 5.32 Å². The molecule has 0 bridgehead atoms. The van der Waals surface area contributed by atoms with E-state index in [2.05, 4.69) is 5.32 Å². The summed E-state index contributed by atoms with van der Waals surface area (Å²) < 4.78 is 29.8. The molecule has 2 N–H and O–H groups in total. The van der Waals surface area contributed by atoms with Gasteiger partial charge >= 0.3 is 5.97 Å². The third-order valence-corrected chi connectivity index (χ3v) is 5.08. The Bertz CT molecular complexity index is 651. The van der Waals surface area contributed by atoms with Crippen molar-refractivity contribution in [2.45, 2.75) is 43.6 Å². The number of nitrogens with zero attached hydrogens (tertiary/aromatic N) is 1. The van der Waals surface area contributed by atoms with E-state index < -0.39 is 21.9 Å². The minimum absolute atomic E-state index is 0.0446. The third kappa shape index (κ3) is 6.32. The van der Waals surface area contributed by atoms with Gasteiger partial charge in [-0.2, -0.15) is 0 Å². The Balaban J connectivity index is 2.29. The van der Waals surface area contributed by atoms with Gasteiger partial charge in [0.25, 0.3) is 15.9 Å². The number of amides is 1. The molecule has 0 saturated carbocycles. The molecule has 24 heavy (non-hydrogen) atoms. The maximum absolute atomic E-state index is 11.9. The minimum Gasteiger partial charge on any atom is -0.481 e. The number of carbonyl (C=O) groups excluding carboxylic acids is 1. The van der Waals surface area contributed by atoms with Gasteiger partial charge < -0.3 is 14.8 Å². The SMILES string of the molecule is CN(C)S(=O)(=O)c1ccc(C(=O)NCCCCCCCC(=O)O)o1. The predicted molar refractivity (Wildman–Crippen MR) is 87.3 cm³/mol. The van der Waals surface area contributed by atoms with Crippen LogP contribution in [-0.4, -0.2) is 50.3 Å². The maximum Gasteiger partial charge on any atom is 0.303 e. The molecule has 0 aliphatic heterocycles. The molecule has 136 valence electrons. The number of sulfonamides is 1. The highest BCUT2D eigenvalue weighted by atomic mass is 32.2. The summed E-state index contributed by atoms with van der Waals surface area (Å²) >= 11 is 0.